The molecule has 4 nitrogen and oxygen atoms in total. The third-order valence-electron chi connectivity index (χ3n) is 4.24. The number of nitrogens with zero attached hydrogens (tertiary/aromatic N) is 1. The van der Waals surface area contributed by atoms with Crippen LogP contribution >= 0.6 is 0 Å². The standard InChI is InChI=1S/C19H28N2O2/c1-4-11-23-19-8-6-5-7-17(19)14-20-15-18(16(2)3)21-9-12-22-13-10-21/h1,5-8,16,18,20H,9-15H2,2-3H3. The molecule has 0 bridgehead atoms. The molecular weight excluding hydrogens is 288 g/mol. The van der Waals surface area contributed by atoms with Crippen molar-refractivity contribution < 1.29 is 9.47 Å². The molecule has 0 spiro atoms. The molecule has 1 aromatic carbocycles. The van der Waals surface area contributed by atoms with Gasteiger partial charge in [-0.3, -0.25) is 4.90 Å². The van der Waals surface area contributed by atoms with E-state index in [1.165, 1.54) is 0 Å². The molecule has 1 atom stereocenters. The predicted octanol–water partition coefficient (Wildman–Crippen LogP) is 2.14. The van der Waals surface area contributed by atoms with Crippen LogP contribution in [0, 0.1) is 18.3 Å². The van der Waals surface area contributed by atoms with E-state index >= 15 is 0 Å². The highest BCUT2D eigenvalue weighted by atomic mass is 16.5. The van der Waals surface area contributed by atoms with E-state index in [1.54, 1.807) is 0 Å². The Morgan fingerprint density at radius 1 is 1.30 bits per heavy atom. The smallest absolute Gasteiger partial charge is 0.148 e. The van der Waals surface area contributed by atoms with Gasteiger partial charge < -0.3 is 14.8 Å². The summed E-state index contributed by atoms with van der Waals surface area (Å²) in [4.78, 5) is 2.53. The Labute approximate surface area is 140 Å². The average molecular weight is 316 g/mol. The number of hydrogen-bond acceptors (Lipinski definition) is 4. The van der Waals surface area contributed by atoms with Crippen LogP contribution in [0.3, 0.4) is 0 Å². The normalized spacial score (nSPS) is 17.0. The first-order valence-electron chi connectivity index (χ1n) is 8.39. The minimum Gasteiger partial charge on any atom is -0.481 e. The fourth-order valence-corrected chi connectivity index (χ4v) is 2.96. The Balaban J connectivity index is 1.88. The molecule has 4 heteroatoms. The minimum absolute atomic E-state index is 0.305. The Morgan fingerprint density at radius 2 is 2.04 bits per heavy atom. The van der Waals surface area contributed by atoms with Gasteiger partial charge in [0, 0.05) is 37.8 Å². The molecular formula is C19H28N2O2. The molecule has 1 saturated heterocycles. The number of para-hydroxylation sites is 1. The first kappa shape index (κ1) is 17.8. The molecule has 1 unspecified atom stereocenters. The van der Waals surface area contributed by atoms with E-state index in [4.69, 9.17) is 15.9 Å². The Hall–Kier alpha value is -1.54. The lowest BCUT2D eigenvalue weighted by atomic mass is 10.0. The molecule has 126 valence electrons. The van der Waals surface area contributed by atoms with E-state index in [1.807, 2.05) is 18.2 Å². The van der Waals surface area contributed by atoms with E-state index in [9.17, 15) is 0 Å². The van der Waals surface area contributed by atoms with Crippen LogP contribution < -0.4 is 10.1 Å². The first-order valence-corrected chi connectivity index (χ1v) is 8.39. The summed E-state index contributed by atoms with van der Waals surface area (Å²) in [5.74, 6) is 3.99. The molecule has 0 saturated carbocycles. The Bertz CT molecular complexity index is 504. The highest BCUT2D eigenvalue weighted by molar-refractivity contribution is 5.33. The molecule has 2 rings (SSSR count). The lowest BCUT2D eigenvalue weighted by Gasteiger charge is -2.37. The highest BCUT2D eigenvalue weighted by Crippen LogP contribution is 2.18. The predicted molar refractivity (Wildman–Crippen MR) is 93.5 cm³/mol. The quantitative estimate of drug-likeness (QED) is 0.745. The second-order valence-electron chi connectivity index (χ2n) is 6.19. The number of ether oxygens (including phenoxy) is 2. The zero-order valence-electron chi connectivity index (χ0n) is 14.3. The van der Waals surface area contributed by atoms with Crippen LogP contribution in [0.25, 0.3) is 0 Å². The van der Waals surface area contributed by atoms with Crippen molar-refractivity contribution in [2.75, 3.05) is 39.5 Å². The average Bonchev–Trinajstić information content (AvgIpc) is 2.58. The van der Waals surface area contributed by atoms with Gasteiger partial charge in [-0.05, 0) is 12.0 Å². The number of benzene rings is 1. The number of rotatable bonds is 8. The van der Waals surface area contributed by atoms with Crippen molar-refractivity contribution in [1.29, 1.82) is 0 Å². The third kappa shape index (κ3) is 5.54. The van der Waals surface area contributed by atoms with Crippen molar-refractivity contribution in [2.24, 2.45) is 5.92 Å². The van der Waals surface area contributed by atoms with Crippen LogP contribution in [-0.4, -0.2) is 50.4 Å². The topological polar surface area (TPSA) is 33.7 Å². The molecule has 1 aliphatic heterocycles. The fourth-order valence-electron chi connectivity index (χ4n) is 2.96. The van der Waals surface area contributed by atoms with Gasteiger partial charge in [0.25, 0.3) is 0 Å². The molecule has 1 N–H and O–H groups in total. The van der Waals surface area contributed by atoms with Gasteiger partial charge in [-0.2, -0.15) is 0 Å². The molecule has 1 aliphatic rings. The van der Waals surface area contributed by atoms with E-state index in [0.717, 1.165) is 50.7 Å². The van der Waals surface area contributed by atoms with E-state index in [-0.39, 0.29) is 0 Å². The van der Waals surface area contributed by atoms with Gasteiger partial charge in [-0.15, -0.1) is 6.42 Å². The van der Waals surface area contributed by atoms with Crippen molar-refractivity contribution in [1.82, 2.24) is 10.2 Å². The summed E-state index contributed by atoms with van der Waals surface area (Å²) in [7, 11) is 0. The van der Waals surface area contributed by atoms with Gasteiger partial charge in [0.15, 0.2) is 0 Å². The number of nitrogens with one attached hydrogen (secondary N) is 1. The maximum absolute atomic E-state index is 5.60. The summed E-state index contributed by atoms with van der Waals surface area (Å²) >= 11 is 0. The second-order valence-corrected chi connectivity index (χ2v) is 6.19. The van der Waals surface area contributed by atoms with Gasteiger partial charge >= 0.3 is 0 Å². The van der Waals surface area contributed by atoms with Crippen molar-refractivity contribution in [3.63, 3.8) is 0 Å². The zero-order chi connectivity index (χ0) is 16.5. The van der Waals surface area contributed by atoms with E-state index in [2.05, 4.69) is 36.1 Å². The minimum atomic E-state index is 0.305. The summed E-state index contributed by atoms with van der Waals surface area (Å²) in [5.41, 5.74) is 1.15. The first-order chi connectivity index (χ1) is 11.2. The molecule has 0 radical (unpaired) electrons. The van der Waals surface area contributed by atoms with Gasteiger partial charge in [0.1, 0.15) is 12.4 Å². The van der Waals surface area contributed by atoms with Gasteiger partial charge in [0.2, 0.25) is 0 Å². The van der Waals surface area contributed by atoms with Crippen molar-refractivity contribution in [3.8, 4) is 18.1 Å². The lowest BCUT2D eigenvalue weighted by Crippen LogP contribution is -2.50. The summed E-state index contributed by atoms with van der Waals surface area (Å²) < 4.78 is 11.1. The van der Waals surface area contributed by atoms with Crippen LogP contribution in [0.4, 0.5) is 0 Å². The van der Waals surface area contributed by atoms with Crippen molar-refractivity contribution in [3.05, 3.63) is 29.8 Å². The van der Waals surface area contributed by atoms with E-state index < -0.39 is 0 Å². The summed E-state index contributed by atoms with van der Waals surface area (Å²) in [6.45, 7) is 10.3. The third-order valence-corrected chi connectivity index (χ3v) is 4.24. The number of morpholine rings is 1. The zero-order valence-corrected chi connectivity index (χ0v) is 14.3. The van der Waals surface area contributed by atoms with Gasteiger partial charge in [0.05, 0.1) is 13.2 Å². The van der Waals surface area contributed by atoms with Crippen LogP contribution in [-0.2, 0) is 11.3 Å². The summed E-state index contributed by atoms with van der Waals surface area (Å²) in [6, 6.07) is 8.58. The SMILES string of the molecule is C#CCOc1ccccc1CNCC(C(C)C)N1CCOCC1. The molecule has 1 heterocycles. The molecule has 1 fully saturated rings. The van der Waals surface area contributed by atoms with Crippen molar-refractivity contribution in [2.45, 2.75) is 26.4 Å². The highest BCUT2D eigenvalue weighted by Gasteiger charge is 2.23. The van der Waals surface area contributed by atoms with E-state index in [0.29, 0.717) is 18.6 Å². The Kier molecular flexibility index (Phi) is 7.41. The number of hydrogen-bond donors (Lipinski definition) is 1. The van der Waals surface area contributed by atoms with Crippen LogP contribution in [0.5, 0.6) is 5.75 Å². The lowest BCUT2D eigenvalue weighted by molar-refractivity contribution is 0.00647. The molecule has 1 aromatic rings. The second kappa shape index (κ2) is 9.57. The Morgan fingerprint density at radius 3 is 2.74 bits per heavy atom. The van der Waals surface area contributed by atoms with Gasteiger partial charge in [-0.25, -0.2) is 0 Å². The largest absolute Gasteiger partial charge is 0.481 e. The molecule has 0 amide bonds. The summed E-state index contributed by atoms with van der Waals surface area (Å²) in [5, 5.41) is 3.58. The molecule has 0 aromatic heterocycles. The maximum Gasteiger partial charge on any atom is 0.148 e. The van der Waals surface area contributed by atoms with Crippen LogP contribution in [0.15, 0.2) is 24.3 Å². The molecule has 0 aliphatic carbocycles. The molecule has 23 heavy (non-hydrogen) atoms. The van der Waals surface area contributed by atoms with Crippen LogP contribution in [0.1, 0.15) is 19.4 Å². The fraction of sp³-hybridized carbons (Fsp3) is 0.579. The summed E-state index contributed by atoms with van der Waals surface area (Å²) in [6.07, 6.45) is 5.28. The van der Waals surface area contributed by atoms with Gasteiger partial charge in [-0.1, -0.05) is 38.0 Å². The monoisotopic (exact) mass is 316 g/mol. The number of terminal acetylenes is 1. The van der Waals surface area contributed by atoms with Crippen LogP contribution in [0.2, 0.25) is 0 Å². The van der Waals surface area contributed by atoms with Crippen molar-refractivity contribution >= 4 is 0 Å². The maximum atomic E-state index is 5.60.